The van der Waals surface area contributed by atoms with Crippen molar-refractivity contribution in [2.24, 2.45) is 14.1 Å². The van der Waals surface area contributed by atoms with Gasteiger partial charge < -0.3 is 0 Å². The van der Waals surface area contributed by atoms with Gasteiger partial charge in [0.15, 0.2) is 24.8 Å². The van der Waals surface area contributed by atoms with E-state index in [0.717, 1.165) is 0 Å². The summed E-state index contributed by atoms with van der Waals surface area (Å²) >= 11 is 0. The zero-order valence-corrected chi connectivity index (χ0v) is 12.9. The van der Waals surface area contributed by atoms with Crippen molar-refractivity contribution in [3.63, 3.8) is 0 Å². The van der Waals surface area contributed by atoms with Crippen LogP contribution in [0.3, 0.4) is 0 Å². The van der Waals surface area contributed by atoms with Gasteiger partial charge in [0.1, 0.15) is 14.1 Å². The fraction of sp³-hybridized carbons (Fsp3) is 0.444. The Kier molecular flexibility index (Phi) is 5.28. The summed E-state index contributed by atoms with van der Waals surface area (Å²) in [7, 11) is 4.14. The van der Waals surface area contributed by atoms with Crippen molar-refractivity contribution < 1.29 is 9.13 Å². The van der Waals surface area contributed by atoms with Crippen LogP contribution in [0.15, 0.2) is 49.1 Å². The summed E-state index contributed by atoms with van der Waals surface area (Å²) in [4.78, 5) is 0. The predicted molar refractivity (Wildman–Crippen MR) is 81.2 cm³/mol. The van der Waals surface area contributed by atoms with Gasteiger partial charge in [-0.1, -0.05) is 26.2 Å². The highest BCUT2D eigenvalue weighted by Gasteiger charge is 2.15. The maximum atomic E-state index is 2.26. The smallest absolute Gasteiger partial charge is 0.168 e. The minimum atomic E-state index is 0.518. The molecule has 0 aliphatic rings. The Labute approximate surface area is 122 Å². The molecule has 0 saturated carbocycles. The van der Waals surface area contributed by atoms with Gasteiger partial charge in [0, 0.05) is 30.2 Å². The van der Waals surface area contributed by atoms with Crippen LogP contribution in [-0.4, -0.2) is 0 Å². The summed E-state index contributed by atoms with van der Waals surface area (Å²) in [5, 5.41) is 0. The van der Waals surface area contributed by atoms with Gasteiger partial charge in [-0.3, -0.25) is 0 Å². The molecule has 0 unspecified atom stereocenters. The second-order valence-corrected chi connectivity index (χ2v) is 5.64. The monoisotopic (exact) mass is 270 g/mol. The van der Waals surface area contributed by atoms with E-state index >= 15 is 0 Å². The molecule has 106 valence electrons. The molecule has 0 atom stereocenters. The van der Waals surface area contributed by atoms with E-state index in [1.54, 1.807) is 0 Å². The van der Waals surface area contributed by atoms with Crippen LogP contribution >= 0.6 is 0 Å². The maximum Gasteiger partial charge on any atom is 0.168 e. The second kappa shape index (κ2) is 7.18. The number of rotatable bonds is 6. The largest absolute Gasteiger partial charge is 0.208 e. The minimum absolute atomic E-state index is 0.518. The Morgan fingerprint density at radius 1 is 0.800 bits per heavy atom. The van der Waals surface area contributed by atoms with Crippen LogP contribution in [0.1, 0.15) is 49.7 Å². The fourth-order valence-electron chi connectivity index (χ4n) is 2.61. The van der Waals surface area contributed by atoms with Crippen molar-refractivity contribution in [2.75, 3.05) is 0 Å². The van der Waals surface area contributed by atoms with Gasteiger partial charge in [-0.25, -0.2) is 9.13 Å². The number of hydrogen-bond donors (Lipinski definition) is 0. The lowest BCUT2D eigenvalue weighted by molar-refractivity contribution is -0.671. The lowest BCUT2D eigenvalue weighted by atomic mass is 9.88. The van der Waals surface area contributed by atoms with Gasteiger partial charge in [0.05, 0.1) is 0 Å². The van der Waals surface area contributed by atoms with Crippen molar-refractivity contribution in [3.05, 3.63) is 60.2 Å². The van der Waals surface area contributed by atoms with E-state index in [9.17, 15) is 0 Å². The van der Waals surface area contributed by atoms with E-state index in [4.69, 9.17) is 0 Å². The van der Waals surface area contributed by atoms with E-state index in [1.165, 1.54) is 36.8 Å². The molecule has 0 radical (unpaired) electrons. The number of pyridine rings is 2. The van der Waals surface area contributed by atoms with E-state index in [2.05, 4.69) is 79.2 Å². The average Bonchev–Trinajstić information content (AvgIpc) is 2.46. The van der Waals surface area contributed by atoms with Crippen molar-refractivity contribution in [1.29, 1.82) is 0 Å². The number of nitrogens with zero attached hydrogens (tertiary/aromatic N) is 2. The Morgan fingerprint density at radius 2 is 1.25 bits per heavy atom. The predicted octanol–water partition coefficient (Wildman–Crippen LogP) is 3.05. The van der Waals surface area contributed by atoms with Crippen LogP contribution in [-0.2, 0) is 14.1 Å². The lowest BCUT2D eigenvalue weighted by Crippen LogP contribution is -2.27. The molecule has 2 rings (SSSR count). The summed E-state index contributed by atoms with van der Waals surface area (Å²) in [6, 6.07) is 9.01. The van der Waals surface area contributed by atoms with Crippen LogP contribution in [0.5, 0.6) is 0 Å². The van der Waals surface area contributed by atoms with Gasteiger partial charge in [-0.05, 0) is 17.5 Å². The summed E-state index contributed by atoms with van der Waals surface area (Å²) in [6.07, 6.45) is 13.7. The molecule has 0 aliphatic heterocycles. The molecular weight excluding hydrogens is 244 g/mol. The zero-order valence-electron chi connectivity index (χ0n) is 12.9. The van der Waals surface area contributed by atoms with E-state index < -0.39 is 0 Å². The summed E-state index contributed by atoms with van der Waals surface area (Å²) < 4.78 is 4.19. The van der Waals surface area contributed by atoms with E-state index in [0.29, 0.717) is 5.92 Å². The van der Waals surface area contributed by atoms with Crippen molar-refractivity contribution in [3.8, 4) is 0 Å². The third kappa shape index (κ3) is 3.89. The van der Waals surface area contributed by atoms with Crippen molar-refractivity contribution in [2.45, 2.75) is 38.5 Å². The van der Waals surface area contributed by atoms with Crippen molar-refractivity contribution >= 4 is 0 Å². The number of unbranched alkanes of at least 4 members (excludes halogenated alkanes) is 2. The van der Waals surface area contributed by atoms with Crippen LogP contribution in [0, 0.1) is 0 Å². The first-order valence-electron chi connectivity index (χ1n) is 7.61. The summed E-state index contributed by atoms with van der Waals surface area (Å²) in [5.41, 5.74) is 2.85. The third-order valence-electron chi connectivity index (χ3n) is 3.91. The fourth-order valence-corrected chi connectivity index (χ4v) is 2.61. The van der Waals surface area contributed by atoms with Gasteiger partial charge in [0.25, 0.3) is 0 Å². The summed E-state index contributed by atoms with van der Waals surface area (Å²) in [5.74, 6) is 0.518. The molecule has 0 amide bonds. The molecule has 0 saturated heterocycles. The van der Waals surface area contributed by atoms with Gasteiger partial charge >= 0.3 is 0 Å². The SMILES string of the molecule is CCCCCC(c1cc[n+](C)cc1)c1cc[n+](C)cc1. The molecular formula is C18H26N2+2. The molecule has 2 heteroatoms. The number of aromatic nitrogens is 2. The van der Waals surface area contributed by atoms with Crippen LogP contribution in [0.25, 0.3) is 0 Å². The Bertz CT molecular complexity index is 469. The minimum Gasteiger partial charge on any atom is -0.208 e. The van der Waals surface area contributed by atoms with Crippen LogP contribution in [0.2, 0.25) is 0 Å². The van der Waals surface area contributed by atoms with Gasteiger partial charge in [-0.2, -0.15) is 0 Å². The molecule has 0 aliphatic carbocycles. The first kappa shape index (κ1) is 14.7. The van der Waals surface area contributed by atoms with Crippen LogP contribution in [0.4, 0.5) is 0 Å². The first-order valence-corrected chi connectivity index (χ1v) is 7.61. The highest BCUT2D eigenvalue weighted by Crippen LogP contribution is 2.28. The quantitative estimate of drug-likeness (QED) is 0.563. The van der Waals surface area contributed by atoms with E-state index in [1.807, 2.05) is 0 Å². The van der Waals surface area contributed by atoms with E-state index in [-0.39, 0.29) is 0 Å². The molecule has 20 heavy (non-hydrogen) atoms. The average molecular weight is 270 g/mol. The Morgan fingerprint density at radius 3 is 1.65 bits per heavy atom. The normalized spacial score (nSPS) is 11.0. The molecule has 2 heterocycles. The number of aryl methyl sites for hydroxylation is 2. The van der Waals surface area contributed by atoms with Crippen LogP contribution < -0.4 is 9.13 Å². The molecule has 0 N–H and O–H groups in total. The Hall–Kier alpha value is -1.70. The van der Waals surface area contributed by atoms with Gasteiger partial charge in [-0.15, -0.1) is 0 Å². The Balaban J connectivity index is 2.23. The maximum absolute atomic E-state index is 2.26. The molecule has 2 nitrogen and oxygen atoms in total. The highest BCUT2D eigenvalue weighted by atomic mass is 14.9. The third-order valence-corrected chi connectivity index (χ3v) is 3.91. The number of hydrogen-bond acceptors (Lipinski definition) is 0. The first-order chi connectivity index (χ1) is 9.70. The van der Waals surface area contributed by atoms with Gasteiger partial charge in [0.2, 0.25) is 0 Å². The molecule has 2 aromatic heterocycles. The molecule has 0 spiro atoms. The standard InChI is InChI=1S/C18H26N2/c1-4-5-6-7-18(16-8-12-19(2)13-9-16)17-10-14-20(3)15-11-17/h8-15,18H,4-7H2,1-3H3/q+2. The molecule has 0 bridgehead atoms. The molecule has 0 fully saturated rings. The molecule has 2 aromatic rings. The molecule has 0 aromatic carbocycles. The lowest BCUT2D eigenvalue weighted by Gasteiger charge is -2.16. The second-order valence-electron chi connectivity index (χ2n) is 5.64. The topological polar surface area (TPSA) is 7.76 Å². The summed E-state index contributed by atoms with van der Waals surface area (Å²) in [6.45, 7) is 2.26. The highest BCUT2D eigenvalue weighted by molar-refractivity contribution is 5.28. The zero-order chi connectivity index (χ0) is 14.4. The van der Waals surface area contributed by atoms with Crippen molar-refractivity contribution in [1.82, 2.24) is 0 Å².